The molecule has 2 rings (SSSR count). The number of hydrogen-bond donors (Lipinski definition) is 1. The Kier molecular flexibility index (Phi) is 6.78. The van der Waals surface area contributed by atoms with Crippen LogP contribution in [0.2, 0.25) is 0 Å². The number of rotatable bonds is 7. The van der Waals surface area contributed by atoms with E-state index in [1.807, 2.05) is 38.1 Å². The van der Waals surface area contributed by atoms with Crippen LogP contribution in [-0.2, 0) is 9.53 Å². The third kappa shape index (κ3) is 4.85. The quantitative estimate of drug-likeness (QED) is 0.557. The number of halogens is 1. The molecule has 1 N–H and O–H groups in total. The number of nitrogens with one attached hydrogen (secondary N) is 1. The Morgan fingerprint density at radius 2 is 1.92 bits per heavy atom. The molecule has 4 nitrogen and oxygen atoms in total. The van der Waals surface area contributed by atoms with Crippen LogP contribution in [0.4, 0.5) is 4.39 Å². The van der Waals surface area contributed by atoms with Gasteiger partial charge >= 0.3 is 5.97 Å². The maximum absolute atomic E-state index is 15.2. The topological polar surface area (TPSA) is 47.6 Å². The zero-order chi connectivity index (χ0) is 19.1. The largest absolute Gasteiger partial charge is 0.466 e. The molecule has 0 heterocycles. The van der Waals surface area contributed by atoms with E-state index in [9.17, 15) is 4.79 Å². The summed E-state index contributed by atoms with van der Waals surface area (Å²) < 4.78 is 25.5. The Hall–Kier alpha value is -2.82. The van der Waals surface area contributed by atoms with Crippen molar-refractivity contribution in [3.8, 4) is 11.5 Å². The van der Waals surface area contributed by atoms with Crippen LogP contribution in [0.25, 0.3) is 0 Å². The van der Waals surface area contributed by atoms with Crippen molar-refractivity contribution in [2.45, 2.75) is 33.2 Å². The number of carbonyl (C=O) groups is 1. The summed E-state index contributed by atoms with van der Waals surface area (Å²) in [6.45, 7) is 5.50. The van der Waals surface area contributed by atoms with Crippen LogP contribution in [0.15, 0.2) is 54.2 Å². The van der Waals surface area contributed by atoms with Gasteiger partial charge < -0.3 is 14.8 Å². The zero-order valence-electron chi connectivity index (χ0n) is 15.5. The van der Waals surface area contributed by atoms with Gasteiger partial charge in [-0.1, -0.05) is 37.3 Å². The molecule has 1 atom stereocenters. The number of para-hydroxylation sites is 1. The molecule has 5 heteroatoms. The second-order valence-electron chi connectivity index (χ2n) is 5.99. The molecule has 0 saturated carbocycles. The van der Waals surface area contributed by atoms with Crippen LogP contribution >= 0.6 is 0 Å². The first-order valence-corrected chi connectivity index (χ1v) is 8.51. The average molecular weight is 357 g/mol. The Morgan fingerprint density at radius 1 is 1.23 bits per heavy atom. The summed E-state index contributed by atoms with van der Waals surface area (Å²) in [5, 5.41) is 3.16. The highest BCUT2D eigenvalue weighted by molar-refractivity contribution is 5.82. The van der Waals surface area contributed by atoms with E-state index in [0.717, 1.165) is 0 Å². The van der Waals surface area contributed by atoms with Gasteiger partial charge in [-0.3, -0.25) is 0 Å². The van der Waals surface area contributed by atoms with E-state index in [4.69, 9.17) is 4.74 Å². The van der Waals surface area contributed by atoms with Crippen molar-refractivity contribution in [2.75, 3.05) is 7.11 Å². The van der Waals surface area contributed by atoms with Gasteiger partial charge in [0.2, 0.25) is 0 Å². The highest BCUT2D eigenvalue weighted by Crippen LogP contribution is 2.33. The number of methoxy groups -OCH3 is 1. The van der Waals surface area contributed by atoms with E-state index >= 15 is 4.39 Å². The molecule has 138 valence electrons. The van der Waals surface area contributed by atoms with E-state index in [1.54, 1.807) is 25.1 Å². The molecule has 0 radical (unpaired) electrons. The van der Waals surface area contributed by atoms with Crippen LogP contribution in [0, 0.1) is 12.7 Å². The molecular formula is C21H24FNO3. The highest BCUT2D eigenvalue weighted by atomic mass is 19.1. The van der Waals surface area contributed by atoms with Crippen LogP contribution in [0.1, 0.15) is 37.4 Å². The fourth-order valence-electron chi connectivity index (χ4n) is 2.62. The first-order chi connectivity index (χ1) is 12.5. The van der Waals surface area contributed by atoms with Crippen LogP contribution in [0.5, 0.6) is 11.5 Å². The van der Waals surface area contributed by atoms with Crippen LogP contribution in [0.3, 0.4) is 0 Å². The predicted octanol–water partition coefficient (Wildman–Crippen LogP) is 5.04. The van der Waals surface area contributed by atoms with Gasteiger partial charge in [-0.25, -0.2) is 9.18 Å². The lowest BCUT2D eigenvalue weighted by Gasteiger charge is -2.21. The molecule has 0 aliphatic heterocycles. The van der Waals surface area contributed by atoms with Gasteiger partial charge in [-0.2, -0.15) is 0 Å². The molecule has 0 bridgehead atoms. The molecule has 2 aromatic rings. The van der Waals surface area contributed by atoms with E-state index in [1.165, 1.54) is 13.2 Å². The number of esters is 1. The van der Waals surface area contributed by atoms with Gasteiger partial charge in [0, 0.05) is 17.3 Å². The van der Waals surface area contributed by atoms with Gasteiger partial charge in [0.1, 0.15) is 5.75 Å². The van der Waals surface area contributed by atoms with Gasteiger partial charge in [-0.15, -0.1) is 0 Å². The minimum atomic E-state index is -0.456. The Balaban J connectivity index is 2.31. The van der Waals surface area contributed by atoms with Crippen molar-refractivity contribution in [3.63, 3.8) is 0 Å². The maximum atomic E-state index is 15.2. The lowest BCUT2D eigenvalue weighted by atomic mass is 10.0. The molecule has 2 aromatic carbocycles. The molecule has 0 spiro atoms. The third-order valence-electron chi connectivity index (χ3n) is 4.01. The van der Waals surface area contributed by atoms with Crippen molar-refractivity contribution >= 4 is 5.97 Å². The number of benzene rings is 2. The van der Waals surface area contributed by atoms with E-state index in [2.05, 4.69) is 10.1 Å². The van der Waals surface area contributed by atoms with Crippen LogP contribution in [-0.4, -0.2) is 13.1 Å². The van der Waals surface area contributed by atoms with Crippen molar-refractivity contribution < 1.29 is 18.7 Å². The second-order valence-corrected chi connectivity index (χ2v) is 5.99. The first-order valence-electron chi connectivity index (χ1n) is 8.51. The summed E-state index contributed by atoms with van der Waals surface area (Å²) in [5.41, 5.74) is 1.81. The summed E-state index contributed by atoms with van der Waals surface area (Å²) >= 11 is 0. The Morgan fingerprint density at radius 3 is 2.54 bits per heavy atom. The monoisotopic (exact) mass is 357 g/mol. The zero-order valence-corrected chi connectivity index (χ0v) is 15.5. The predicted molar refractivity (Wildman–Crippen MR) is 99.6 cm³/mol. The van der Waals surface area contributed by atoms with Crippen molar-refractivity contribution in [3.05, 3.63) is 71.2 Å². The normalized spacial score (nSPS) is 12.4. The SMILES string of the molecule is CC[C@@H](N/C(C)=C\C(=O)OC)c1ccc(C)c(Oc2ccccc2)c1F. The number of hydrogen-bond acceptors (Lipinski definition) is 4. The molecule has 0 amide bonds. The summed E-state index contributed by atoms with van der Waals surface area (Å²) in [4.78, 5) is 11.4. The molecule has 0 aromatic heterocycles. The van der Waals surface area contributed by atoms with Gasteiger partial charge in [0.15, 0.2) is 11.6 Å². The molecule has 0 aliphatic carbocycles. The smallest absolute Gasteiger partial charge is 0.332 e. The number of ether oxygens (including phenoxy) is 2. The second kappa shape index (κ2) is 9.04. The van der Waals surface area contributed by atoms with Crippen molar-refractivity contribution in [2.24, 2.45) is 0 Å². The lowest BCUT2D eigenvalue weighted by molar-refractivity contribution is -0.134. The third-order valence-corrected chi connectivity index (χ3v) is 4.01. The summed E-state index contributed by atoms with van der Waals surface area (Å²) in [6.07, 6.45) is 1.98. The molecule has 0 saturated heterocycles. The van der Waals surface area contributed by atoms with Gasteiger partial charge in [0.05, 0.1) is 13.2 Å². The molecule has 0 aliphatic rings. The molecule has 0 unspecified atom stereocenters. The fraction of sp³-hybridized carbons (Fsp3) is 0.286. The first kappa shape index (κ1) is 19.5. The maximum Gasteiger partial charge on any atom is 0.332 e. The Labute approximate surface area is 153 Å². The van der Waals surface area contributed by atoms with E-state index in [-0.39, 0.29) is 11.8 Å². The summed E-state index contributed by atoms with van der Waals surface area (Å²) in [7, 11) is 1.32. The number of carbonyl (C=O) groups excluding carboxylic acids is 1. The molecular weight excluding hydrogens is 333 g/mol. The van der Waals surface area contributed by atoms with E-state index < -0.39 is 11.8 Å². The van der Waals surface area contributed by atoms with E-state index in [0.29, 0.717) is 29.0 Å². The number of allylic oxidation sites excluding steroid dienone is 1. The highest BCUT2D eigenvalue weighted by Gasteiger charge is 2.20. The standard InChI is InChI=1S/C21H24FNO3/c1-5-18(23-15(3)13-19(24)25-4)17-12-11-14(2)21(20(17)22)26-16-9-7-6-8-10-16/h6-13,18,23H,5H2,1-4H3/b15-13-/t18-/m1/s1. The summed E-state index contributed by atoms with van der Waals surface area (Å²) in [5.74, 6) is -0.0700. The Bertz CT molecular complexity index is 787. The van der Waals surface area contributed by atoms with Gasteiger partial charge in [-0.05, 0) is 38.0 Å². The summed E-state index contributed by atoms with van der Waals surface area (Å²) in [6, 6.07) is 12.4. The average Bonchev–Trinajstić information content (AvgIpc) is 2.64. The molecule has 26 heavy (non-hydrogen) atoms. The van der Waals surface area contributed by atoms with Crippen LogP contribution < -0.4 is 10.1 Å². The van der Waals surface area contributed by atoms with Crippen molar-refractivity contribution in [1.82, 2.24) is 5.32 Å². The minimum absolute atomic E-state index is 0.212. The van der Waals surface area contributed by atoms with Crippen molar-refractivity contribution in [1.29, 1.82) is 0 Å². The van der Waals surface area contributed by atoms with Gasteiger partial charge in [0.25, 0.3) is 0 Å². The molecule has 0 fully saturated rings. The lowest BCUT2D eigenvalue weighted by Crippen LogP contribution is -2.21. The fourth-order valence-corrected chi connectivity index (χ4v) is 2.62. The minimum Gasteiger partial charge on any atom is -0.466 e. The number of aryl methyl sites for hydroxylation is 1.